The molecule has 0 amide bonds. The molecule has 0 saturated carbocycles. The van der Waals surface area contributed by atoms with Crippen LogP contribution in [-0.4, -0.2) is 11.5 Å². The molecule has 0 saturated heterocycles. The molecule has 3 N–H and O–H groups in total. The van der Waals surface area contributed by atoms with E-state index in [9.17, 15) is 13.9 Å². The summed E-state index contributed by atoms with van der Waals surface area (Å²) in [4.78, 5) is 0. The number of phenolic OH excluding ortho intramolecular Hbond substituents is 1. The molecule has 0 radical (unpaired) electrons. The van der Waals surface area contributed by atoms with Crippen LogP contribution in [0.1, 0.15) is 11.6 Å². The van der Waals surface area contributed by atoms with E-state index >= 15 is 0 Å². The van der Waals surface area contributed by atoms with Crippen LogP contribution < -0.4 is 5.73 Å². The third-order valence-corrected chi connectivity index (χ3v) is 2.29. The van der Waals surface area contributed by atoms with E-state index in [1.54, 1.807) is 12.1 Å². The standard InChI is InChI=1S/C8H8BrF2NO/c9-5-3-1-2-4(7(5)13)6(12)8(10)11/h1-3,6,8,13H,12H2/t6-/m0/s1. The molecule has 1 aromatic rings. The largest absolute Gasteiger partial charge is 0.506 e. The predicted molar refractivity (Wildman–Crippen MR) is 48.7 cm³/mol. The number of hydrogen-bond donors (Lipinski definition) is 2. The number of para-hydroxylation sites is 1. The van der Waals surface area contributed by atoms with E-state index in [1.165, 1.54) is 6.07 Å². The van der Waals surface area contributed by atoms with Crippen molar-refractivity contribution in [1.29, 1.82) is 0 Å². The van der Waals surface area contributed by atoms with Crippen LogP contribution in [0.2, 0.25) is 0 Å². The Labute approximate surface area is 82.5 Å². The van der Waals surface area contributed by atoms with Gasteiger partial charge in [0.1, 0.15) is 5.75 Å². The van der Waals surface area contributed by atoms with Crippen molar-refractivity contribution in [3.05, 3.63) is 28.2 Å². The molecule has 1 rings (SSSR count). The molecule has 13 heavy (non-hydrogen) atoms. The molecule has 0 bridgehead atoms. The molecule has 0 spiro atoms. The molecule has 2 nitrogen and oxygen atoms in total. The Hall–Kier alpha value is -0.680. The summed E-state index contributed by atoms with van der Waals surface area (Å²) in [5.41, 5.74) is 5.22. The fourth-order valence-electron chi connectivity index (χ4n) is 0.937. The molecule has 1 atom stereocenters. The summed E-state index contributed by atoms with van der Waals surface area (Å²) in [6, 6.07) is 3.02. The van der Waals surface area contributed by atoms with Gasteiger partial charge < -0.3 is 10.8 Å². The summed E-state index contributed by atoms with van der Waals surface area (Å²) in [7, 11) is 0. The van der Waals surface area contributed by atoms with E-state index in [0.717, 1.165) is 0 Å². The second-order valence-electron chi connectivity index (χ2n) is 2.54. The van der Waals surface area contributed by atoms with Crippen molar-refractivity contribution in [3.63, 3.8) is 0 Å². The highest BCUT2D eigenvalue weighted by Crippen LogP contribution is 2.32. The topological polar surface area (TPSA) is 46.2 Å². The van der Waals surface area contributed by atoms with Crippen LogP contribution in [0.5, 0.6) is 5.75 Å². The van der Waals surface area contributed by atoms with Gasteiger partial charge in [-0.15, -0.1) is 0 Å². The van der Waals surface area contributed by atoms with E-state index in [-0.39, 0.29) is 11.3 Å². The zero-order valence-electron chi connectivity index (χ0n) is 6.55. The van der Waals surface area contributed by atoms with Crippen LogP contribution in [0.4, 0.5) is 8.78 Å². The van der Waals surface area contributed by atoms with Crippen LogP contribution >= 0.6 is 15.9 Å². The van der Waals surface area contributed by atoms with Crippen molar-refractivity contribution >= 4 is 15.9 Å². The van der Waals surface area contributed by atoms with Gasteiger partial charge in [0, 0.05) is 5.56 Å². The highest BCUT2D eigenvalue weighted by molar-refractivity contribution is 9.10. The number of phenols is 1. The van der Waals surface area contributed by atoms with Gasteiger partial charge in [-0.25, -0.2) is 8.78 Å². The van der Waals surface area contributed by atoms with Crippen LogP contribution in [0, 0.1) is 0 Å². The molecular weight excluding hydrogens is 244 g/mol. The Morgan fingerprint density at radius 3 is 2.54 bits per heavy atom. The summed E-state index contributed by atoms with van der Waals surface area (Å²) in [5, 5.41) is 9.36. The van der Waals surface area contributed by atoms with Crippen molar-refractivity contribution in [2.24, 2.45) is 5.73 Å². The molecule has 0 aliphatic rings. The van der Waals surface area contributed by atoms with Crippen molar-refractivity contribution in [3.8, 4) is 5.75 Å². The zero-order chi connectivity index (χ0) is 10.0. The van der Waals surface area contributed by atoms with Crippen molar-refractivity contribution in [1.82, 2.24) is 0 Å². The number of alkyl halides is 2. The van der Waals surface area contributed by atoms with Gasteiger partial charge in [0.25, 0.3) is 6.43 Å². The maximum Gasteiger partial charge on any atom is 0.257 e. The first-order valence-corrected chi connectivity index (χ1v) is 4.34. The van der Waals surface area contributed by atoms with Crippen LogP contribution in [-0.2, 0) is 0 Å². The molecule has 0 aromatic heterocycles. The highest BCUT2D eigenvalue weighted by atomic mass is 79.9. The quantitative estimate of drug-likeness (QED) is 0.848. The number of hydrogen-bond acceptors (Lipinski definition) is 2. The first-order chi connectivity index (χ1) is 6.04. The SMILES string of the molecule is N[C@@H](c1cccc(Br)c1O)C(F)F. The van der Waals surface area contributed by atoms with Gasteiger partial charge in [-0.3, -0.25) is 0 Å². The molecule has 0 fully saturated rings. The number of aromatic hydroxyl groups is 1. The van der Waals surface area contributed by atoms with Gasteiger partial charge >= 0.3 is 0 Å². The molecule has 72 valence electrons. The average molecular weight is 252 g/mol. The van der Waals surface area contributed by atoms with Crippen LogP contribution in [0.25, 0.3) is 0 Å². The van der Waals surface area contributed by atoms with Crippen LogP contribution in [0.15, 0.2) is 22.7 Å². The second-order valence-corrected chi connectivity index (χ2v) is 3.39. The minimum atomic E-state index is -2.68. The van der Waals surface area contributed by atoms with E-state index in [0.29, 0.717) is 4.47 Å². The van der Waals surface area contributed by atoms with E-state index < -0.39 is 12.5 Å². The van der Waals surface area contributed by atoms with Gasteiger partial charge in [-0.1, -0.05) is 12.1 Å². The summed E-state index contributed by atoms with van der Waals surface area (Å²) >= 11 is 3.01. The maximum absolute atomic E-state index is 12.2. The van der Waals surface area contributed by atoms with Gasteiger partial charge in [-0.05, 0) is 22.0 Å². The number of halogens is 3. The van der Waals surface area contributed by atoms with Crippen molar-refractivity contribution in [2.75, 3.05) is 0 Å². The molecular formula is C8H8BrF2NO. The minimum absolute atomic E-state index is 0.0457. The van der Waals surface area contributed by atoms with E-state index in [4.69, 9.17) is 5.73 Å². The first-order valence-electron chi connectivity index (χ1n) is 3.55. The number of benzene rings is 1. The molecule has 0 aliphatic heterocycles. The smallest absolute Gasteiger partial charge is 0.257 e. The normalized spacial score (nSPS) is 13.3. The highest BCUT2D eigenvalue weighted by Gasteiger charge is 2.21. The molecule has 5 heteroatoms. The predicted octanol–water partition coefficient (Wildman–Crippen LogP) is 2.42. The summed E-state index contributed by atoms with van der Waals surface area (Å²) in [6.45, 7) is 0. The Balaban J connectivity index is 3.07. The van der Waals surface area contributed by atoms with Gasteiger partial charge in [-0.2, -0.15) is 0 Å². The first kappa shape index (κ1) is 10.4. The summed E-state index contributed by atoms with van der Waals surface area (Å²) in [5.74, 6) is -0.227. The third kappa shape index (κ3) is 2.16. The zero-order valence-corrected chi connectivity index (χ0v) is 8.13. The Kier molecular flexibility index (Phi) is 3.22. The van der Waals surface area contributed by atoms with Gasteiger partial charge in [0.2, 0.25) is 0 Å². The van der Waals surface area contributed by atoms with Crippen molar-refractivity contribution < 1.29 is 13.9 Å². The Morgan fingerprint density at radius 2 is 2.00 bits per heavy atom. The molecule has 0 heterocycles. The van der Waals surface area contributed by atoms with Gasteiger partial charge in [0.15, 0.2) is 0 Å². The summed E-state index contributed by atoms with van der Waals surface area (Å²) in [6.07, 6.45) is -2.68. The summed E-state index contributed by atoms with van der Waals surface area (Å²) < 4.78 is 24.7. The average Bonchev–Trinajstić information content (AvgIpc) is 2.08. The molecule has 0 unspecified atom stereocenters. The lowest BCUT2D eigenvalue weighted by atomic mass is 10.1. The lowest BCUT2D eigenvalue weighted by molar-refractivity contribution is 0.115. The Morgan fingerprint density at radius 1 is 1.38 bits per heavy atom. The van der Waals surface area contributed by atoms with E-state index in [1.807, 2.05) is 0 Å². The fourth-order valence-corrected chi connectivity index (χ4v) is 1.32. The number of nitrogens with two attached hydrogens (primary N) is 1. The van der Waals surface area contributed by atoms with Gasteiger partial charge in [0.05, 0.1) is 10.5 Å². The Bertz CT molecular complexity index is 306. The fraction of sp³-hybridized carbons (Fsp3) is 0.250. The van der Waals surface area contributed by atoms with Crippen molar-refractivity contribution in [2.45, 2.75) is 12.5 Å². The third-order valence-electron chi connectivity index (χ3n) is 1.65. The van der Waals surface area contributed by atoms with Crippen LogP contribution in [0.3, 0.4) is 0 Å². The lowest BCUT2D eigenvalue weighted by Gasteiger charge is -2.12. The maximum atomic E-state index is 12.2. The minimum Gasteiger partial charge on any atom is -0.506 e. The second kappa shape index (κ2) is 4.02. The molecule has 1 aromatic carbocycles. The van der Waals surface area contributed by atoms with E-state index in [2.05, 4.69) is 15.9 Å². The molecule has 0 aliphatic carbocycles. The lowest BCUT2D eigenvalue weighted by Crippen LogP contribution is -2.18. The monoisotopic (exact) mass is 251 g/mol. The number of rotatable bonds is 2.